The van der Waals surface area contributed by atoms with E-state index < -0.39 is 63.2 Å². The predicted octanol–water partition coefficient (Wildman–Crippen LogP) is 4.34. The van der Waals surface area contributed by atoms with Crippen LogP contribution in [0.5, 0.6) is 0 Å². The Hall–Kier alpha value is -1.08. The molecule has 0 aliphatic heterocycles. The summed E-state index contributed by atoms with van der Waals surface area (Å²) in [6, 6.07) is 3.00. The summed E-state index contributed by atoms with van der Waals surface area (Å²) < 4.78 is 68.0. The van der Waals surface area contributed by atoms with Crippen LogP contribution >= 0.6 is 0 Å². The first kappa shape index (κ1) is 17.3. The van der Waals surface area contributed by atoms with Crippen LogP contribution in [0.25, 0.3) is 9.14 Å². The minimum atomic E-state index is -2.13. The van der Waals surface area contributed by atoms with Gasteiger partial charge in [0.2, 0.25) is 0 Å². The van der Waals surface area contributed by atoms with Crippen LogP contribution in [0.2, 0.25) is 19.6 Å². The Morgan fingerprint density at radius 1 is 0.818 bits per heavy atom. The van der Waals surface area contributed by atoms with Gasteiger partial charge in [-0.05, 0) is 0 Å². The molecular weight excluding hydrogens is 431 g/mol. The van der Waals surface area contributed by atoms with Crippen molar-refractivity contribution in [1.82, 2.24) is 0 Å². The standard InChI is InChI=1S/C15H11F5SiTe/c1-21(2,3)7-6-8-4-5-9(22-8)10-11(16)13(18)15(20)14(19)12(10)17/h4-5H,1-3H3. The molecule has 0 saturated heterocycles. The first-order chi connectivity index (χ1) is 10.1. The van der Waals surface area contributed by atoms with Crippen LogP contribution in [0.1, 0.15) is 3.58 Å². The van der Waals surface area contributed by atoms with Gasteiger partial charge < -0.3 is 0 Å². The van der Waals surface area contributed by atoms with Gasteiger partial charge >= 0.3 is 136 Å². The molecule has 1 aromatic carbocycles. The summed E-state index contributed by atoms with van der Waals surface area (Å²) in [7, 11) is -1.60. The zero-order valence-electron chi connectivity index (χ0n) is 12.0. The fourth-order valence-electron chi connectivity index (χ4n) is 1.61. The summed E-state index contributed by atoms with van der Waals surface area (Å²) in [4.78, 5) is 0. The van der Waals surface area contributed by atoms with Gasteiger partial charge in [0.25, 0.3) is 0 Å². The molecule has 0 fully saturated rings. The Labute approximate surface area is 135 Å². The molecule has 0 aliphatic rings. The van der Waals surface area contributed by atoms with Crippen molar-refractivity contribution in [2.75, 3.05) is 0 Å². The molecule has 0 atom stereocenters. The molecular formula is C15H11F5SiTe. The molecule has 2 aromatic rings. The van der Waals surface area contributed by atoms with Gasteiger partial charge in [-0.25, -0.2) is 0 Å². The second kappa shape index (κ2) is 6.20. The topological polar surface area (TPSA) is 0 Å². The fraction of sp³-hybridized carbons (Fsp3) is 0.200. The normalized spacial score (nSPS) is 11.3. The van der Waals surface area contributed by atoms with Crippen molar-refractivity contribution in [3.05, 3.63) is 44.8 Å². The third-order valence-electron chi connectivity index (χ3n) is 2.62. The van der Waals surface area contributed by atoms with Gasteiger partial charge in [-0.15, -0.1) is 0 Å². The van der Waals surface area contributed by atoms with Crippen molar-refractivity contribution >= 4 is 28.5 Å². The average Bonchev–Trinajstić information content (AvgIpc) is 2.89. The van der Waals surface area contributed by atoms with Crippen LogP contribution in [0, 0.1) is 40.6 Å². The molecule has 0 nitrogen and oxygen atoms in total. The van der Waals surface area contributed by atoms with Crippen molar-refractivity contribution in [2.45, 2.75) is 19.6 Å². The molecule has 116 valence electrons. The number of hydrogen-bond donors (Lipinski definition) is 0. The summed E-state index contributed by atoms with van der Waals surface area (Å²) in [5.41, 5.74) is 2.30. The number of halogens is 5. The molecule has 0 spiro atoms. The Bertz CT molecular complexity index is 764. The molecule has 0 bridgehead atoms. The predicted molar refractivity (Wildman–Crippen MR) is 78.8 cm³/mol. The first-order valence-electron chi connectivity index (χ1n) is 6.26. The van der Waals surface area contributed by atoms with Crippen LogP contribution in [0.15, 0.2) is 12.1 Å². The van der Waals surface area contributed by atoms with Gasteiger partial charge in [-0.3, -0.25) is 0 Å². The zero-order chi connectivity index (χ0) is 16.7. The van der Waals surface area contributed by atoms with E-state index in [1.165, 1.54) is 6.07 Å². The first-order valence-corrected chi connectivity index (χ1v) is 12.1. The van der Waals surface area contributed by atoms with E-state index in [-0.39, 0.29) is 3.58 Å². The molecule has 2 rings (SSSR count). The SMILES string of the molecule is C[Si](C)(C)C#Cc1ccc(-c2c(F)c(F)c(F)c(F)c2F)[te]1. The summed E-state index contributed by atoms with van der Waals surface area (Å²) in [5, 5.41) is 0. The van der Waals surface area contributed by atoms with Gasteiger partial charge in [-0.2, -0.15) is 0 Å². The molecule has 0 radical (unpaired) electrons. The van der Waals surface area contributed by atoms with E-state index in [1.807, 2.05) is 0 Å². The molecule has 0 amide bonds. The van der Waals surface area contributed by atoms with E-state index in [2.05, 4.69) is 31.1 Å². The number of benzene rings is 1. The quantitative estimate of drug-likeness (QED) is 0.203. The molecule has 0 N–H and O–H groups in total. The van der Waals surface area contributed by atoms with Crippen molar-refractivity contribution in [3.63, 3.8) is 0 Å². The van der Waals surface area contributed by atoms with Crippen LogP contribution in [-0.4, -0.2) is 28.5 Å². The Kier molecular flexibility index (Phi) is 4.86. The second-order valence-electron chi connectivity index (χ2n) is 5.61. The molecule has 7 heteroatoms. The Morgan fingerprint density at radius 3 is 1.82 bits per heavy atom. The maximum absolute atomic E-state index is 13.8. The fourth-order valence-corrected chi connectivity index (χ4v) is 4.95. The van der Waals surface area contributed by atoms with E-state index in [4.69, 9.17) is 0 Å². The van der Waals surface area contributed by atoms with E-state index in [1.54, 1.807) is 6.07 Å². The summed E-state index contributed by atoms with van der Waals surface area (Å²) in [6.07, 6.45) is 0. The Morgan fingerprint density at radius 2 is 1.32 bits per heavy atom. The number of hydrogen-bond acceptors (Lipinski definition) is 0. The van der Waals surface area contributed by atoms with Crippen molar-refractivity contribution in [1.29, 1.82) is 0 Å². The van der Waals surface area contributed by atoms with Gasteiger partial charge in [0.15, 0.2) is 0 Å². The van der Waals surface area contributed by atoms with Crippen LogP contribution in [0.4, 0.5) is 22.0 Å². The van der Waals surface area contributed by atoms with Gasteiger partial charge in [0.1, 0.15) is 0 Å². The number of rotatable bonds is 1. The van der Waals surface area contributed by atoms with Gasteiger partial charge in [-0.1, -0.05) is 0 Å². The van der Waals surface area contributed by atoms with Crippen LogP contribution in [-0.2, 0) is 0 Å². The van der Waals surface area contributed by atoms with Crippen molar-refractivity contribution < 1.29 is 22.0 Å². The van der Waals surface area contributed by atoms with E-state index in [0.29, 0.717) is 0 Å². The van der Waals surface area contributed by atoms with E-state index in [9.17, 15) is 22.0 Å². The monoisotopic (exact) mass is 444 g/mol. The second-order valence-corrected chi connectivity index (χ2v) is 13.5. The minimum absolute atomic E-state index is 0.165. The van der Waals surface area contributed by atoms with Crippen molar-refractivity contribution in [2.24, 2.45) is 0 Å². The van der Waals surface area contributed by atoms with Crippen LogP contribution in [0.3, 0.4) is 0 Å². The average molecular weight is 442 g/mol. The molecule has 0 unspecified atom stereocenters. The summed E-state index contributed by atoms with van der Waals surface area (Å²) >= 11 is -1.26. The third kappa shape index (κ3) is 3.46. The van der Waals surface area contributed by atoms with E-state index in [0.717, 1.165) is 3.58 Å². The van der Waals surface area contributed by atoms with E-state index >= 15 is 0 Å². The maximum atomic E-state index is 13.8. The molecule has 1 heterocycles. The third-order valence-corrected chi connectivity index (χ3v) is 6.40. The van der Waals surface area contributed by atoms with Crippen LogP contribution < -0.4 is 0 Å². The molecule has 22 heavy (non-hydrogen) atoms. The molecule has 1 aromatic heterocycles. The molecule has 0 saturated carbocycles. The summed E-state index contributed by atoms with van der Waals surface area (Å²) in [6.45, 7) is 6.15. The van der Waals surface area contributed by atoms with Crippen molar-refractivity contribution in [3.8, 4) is 20.6 Å². The summed E-state index contributed by atoms with van der Waals surface area (Å²) in [5.74, 6) is -6.54. The Balaban J connectivity index is 2.55. The zero-order valence-corrected chi connectivity index (χ0v) is 15.3. The molecule has 0 aliphatic carbocycles. The van der Waals surface area contributed by atoms with Gasteiger partial charge in [0.05, 0.1) is 0 Å². The van der Waals surface area contributed by atoms with Gasteiger partial charge in [0, 0.05) is 0 Å².